The summed E-state index contributed by atoms with van der Waals surface area (Å²) in [5.74, 6) is 0. The first-order valence-corrected chi connectivity index (χ1v) is 4.92. The maximum absolute atomic E-state index is 3.61. The van der Waals surface area contributed by atoms with E-state index >= 15 is 0 Å². The van der Waals surface area contributed by atoms with Crippen LogP contribution in [0.4, 0.5) is 0 Å². The zero-order chi connectivity index (χ0) is 4.83. The third-order valence-corrected chi connectivity index (χ3v) is 1.96. The fourth-order valence-corrected chi connectivity index (χ4v) is 1.04. The van der Waals surface area contributed by atoms with Gasteiger partial charge >= 0.3 is 55.2 Å². The third-order valence-electron chi connectivity index (χ3n) is 0.585. The zero-order valence-electron chi connectivity index (χ0n) is 3.91. The molecule has 0 saturated carbocycles. The summed E-state index contributed by atoms with van der Waals surface area (Å²) in [7, 11) is 0. The van der Waals surface area contributed by atoms with Crippen molar-refractivity contribution in [2.24, 2.45) is 0 Å². The van der Waals surface area contributed by atoms with E-state index in [2.05, 4.69) is 6.58 Å². The summed E-state index contributed by atoms with van der Waals surface area (Å²) in [4.78, 5) is 0. The van der Waals surface area contributed by atoms with E-state index in [1.54, 1.807) is 0 Å². The second-order valence-electron chi connectivity index (χ2n) is 1.18. The standard InChI is InChI=1S/C5H9.Pb/c1-3-5-4-2;/h3H,1-2,4-5H2;. The Kier molecular flexibility index (Phi) is 6.29. The fraction of sp³-hybridized carbons (Fsp3) is 0.600. The van der Waals surface area contributed by atoms with Crippen molar-refractivity contribution in [3.63, 3.8) is 0 Å². The van der Waals surface area contributed by atoms with Gasteiger partial charge in [-0.05, 0) is 0 Å². The van der Waals surface area contributed by atoms with Crippen molar-refractivity contribution in [1.82, 2.24) is 0 Å². The Morgan fingerprint density at radius 3 is 2.50 bits per heavy atom. The quantitative estimate of drug-likeness (QED) is 0.417. The van der Waals surface area contributed by atoms with Gasteiger partial charge in [-0.15, -0.1) is 0 Å². The molecule has 3 radical (unpaired) electrons. The molecule has 33 valence electrons. The van der Waals surface area contributed by atoms with Crippen LogP contribution in [0.1, 0.15) is 12.8 Å². The van der Waals surface area contributed by atoms with Gasteiger partial charge in [0.2, 0.25) is 0 Å². The molecule has 0 atom stereocenters. The first-order chi connectivity index (χ1) is 2.91. The molecular formula is C5H9Pb. The molecule has 0 aliphatic carbocycles. The van der Waals surface area contributed by atoms with E-state index in [1.807, 2.05) is 6.08 Å². The average Bonchev–Trinajstić information content (AvgIpc) is 1.61. The van der Waals surface area contributed by atoms with Crippen molar-refractivity contribution in [1.29, 1.82) is 0 Å². The summed E-state index contributed by atoms with van der Waals surface area (Å²) in [6.07, 6.45) is 4.55. The van der Waals surface area contributed by atoms with Gasteiger partial charge in [-0.2, -0.15) is 0 Å². The number of hydrogen-bond donors (Lipinski definition) is 0. The summed E-state index contributed by atoms with van der Waals surface area (Å²) in [6, 6.07) is 0. The van der Waals surface area contributed by atoms with Crippen LogP contribution in [-0.2, 0) is 0 Å². The summed E-state index contributed by atoms with van der Waals surface area (Å²) in [5, 5.41) is 0. The van der Waals surface area contributed by atoms with Crippen molar-refractivity contribution in [3.8, 4) is 0 Å². The summed E-state index contributed by atoms with van der Waals surface area (Å²) in [5.41, 5.74) is 0. The van der Waals surface area contributed by atoms with Crippen molar-refractivity contribution in [2.45, 2.75) is 16.8 Å². The molecule has 0 aromatic rings. The zero-order valence-corrected chi connectivity index (χ0v) is 7.79. The number of rotatable bonds is 3. The molecule has 0 spiro atoms. The Morgan fingerprint density at radius 2 is 2.33 bits per heavy atom. The van der Waals surface area contributed by atoms with Crippen molar-refractivity contribution >= 4 is 25.8 Å². The molecule has 0 rings (SSSR count). The summed E-state index contributed by atoms with van der Waals surface area (Å²) >= 11 is 1.36. The Bertz CT molecular complexity index is 32.9. The molecule has 0 aliphatic heterocycles. The van der Waals surface area contributed by atoms with Crippen molar-refractivity contribution in [2.75, 3.05) is 0 Å². The Morgan fingerprint density at radius 1 is 1.67 bits per heavy atom. The molecule has 0 saturated heterocycles. The van der Waals surface area contributed by atoms with E-state index in [0.717, 1.165) is 0 Å². The van der Waals surface area contributed by atoms with Crippen molar-refractivity contribution < 1.29 is 0 Å². The van der Waals surface area contributed by atoms with Crippen LogP contribution < -0.4 is 0 Å². The van der Waals surface area contributed by atoms with Gasteiger partial charge in [0.15, 0.2) is 0 Å². The van der Waals surface area contributed by atoms with Crippen LogP contribution in [0.3, 0.4) is 0 Å². The normalized spacial score (nSPS) is 8.17. The van der Waals surface area contributed by atoms with E-state index in [0.29, 0.717) is 0 Å². The van der Waals surface area contributed by atoms with Gasteiger partial charge in [-0.25, -0.2) is 0 Å². The van der Waals surface area contributed by atoms with E-state index in [-0.39, 0.29) is 0 Å². The summed E-state index contributed by atoms with van der Waals surface area (Å²) in [6.45, 7) is 3.61. The molecule has 0 bridgehead atoms. The van der Waals surface area contributed by atoms with Gasteiger partial charge in [0.05, 0.1) is 0 Å². The minimum atomic E-state index is 1.21. The number of allylic oxidation sites excluding steroid dienone is 1. The Labute approximate surface area is 55.3 Å². The molecular weight excluding hydrogens is 267 g/mol. The Balaban J connectivity index is 2.49. The molecule has 0 nitrogen and oxygen atoms in total. The minimum absolute atomic E-state index is 1.21. The second-order valence-corrected chi connectivity index (χ2v) is 3.12. The Hall–Kier alpha value is 0.662. The topological polar surface area (TPSA) is 0 Å². The molecule has 0 aromatic carbocycles. The van der Waals surface area contributed by atoms with Gasteiger partial charge in [-0.1, -0.05) is 0 Å². The van der Waals surface area contributed by atoms with Crippen LogP contribution >= 0.6 is 0 Å². The average molecular weight is 276 g/mol. The van der Waals surface area contributed by atoms with Crippen molar-refractivity contribution in [3.05, 3.63) is 12.7 Å². The van der Waals surface area contributed by atoms with Crippen LogP contribution in [0, 0.1) is 0 Å². The molecule has 1 heteroatoms. The van der Waals surface area contributed by atoms with E-state index < -0.39 is 0 Å². The van der Waals surface area contributed by atoms with E-state index in [9.17, 15) is 0 Å². The van der Waals surface area contributed by atoms with Gasteiger partial charge in [0.1, 0.15) is 0 Å². The van der Waals surface area contributed by atoms with Crippen LogP contribution in [0.5, 0.6) is 0 Å². The van der Waals surface area contributed by atoms with Gasteiger partial charge in [-0.3, -0.25) is 0 Å². The monoisotopic (exact) mass is 277 g/mol. The summed E-state index contributed by atoms with van der Waals surface area (Å²) < 4.78 is 1.42. The van der Waals surface area contributed by atoms with Gasteiger partial charge in [0, 0.05) is 0 Å². The second kappa shape index (κ2) is 5.66. The molecule has 0 N–H and O–H groups in total. The first kappa shape index (κ1) is 6.66. The van der Waals surface area contributed by atoms with Crippen LogP contribution in [0.25, 0.3) is 0 Å². The number of hydrogen-bond acceptors (Lipinski definition) is 0. The molecule has 6 heavy (non-hydrogen) atoms. The molecule has 0 heterocycles. The first-order valence-electron chi connectivity index (χ1n) is 2.17. The van der Waals surface area contributed by atoms with Crippen LogP contribution in [0.15, 0.2) is 12.7 Å². The molecule has 0 unspecified atom stereocenters. The molecule has 0 fully saturated rings. The molecule has 0 aliphatic rings. The maximum atomic E-state index is 3.61. The van der Waals surface area contributed by atoms with E-state index in [4.69, 9.17) is 0 Å². The van der Waals surface area contributed by atoms with Crippen LogP contribution in [-0.4, -0.2) is 25.8 Å². The predicted molar refractivity (Wildman–Crippen MR) is 30.0 cm³/mol. The fourth-order valence-electron chi connectivity index (χ4n) is 0.246. The SMILES string of the molecule is C=CCC[CH2][Pb]. The molecule has 0 amide bonds. The molecule has 0 aromatic heterocycles. The van der Waals surface area contributed by atoms with E-state index in [1.165, 1.54) is 42.6 Å². The number of unbranched alkanes of at least 4 members (excludes halogenated alkanes) is 1. The third kappa shape index (κ3) is 4.66. The van der Waals surface area contributed by atoms with Gasteiger partial charge in [0.25, 0.3) is 0 Å². The van der Waals surface area contributed by atoms with Gasteiger partial charge < -0.3 is 0 Å². The predicted octanol–water partition coefficient (Wildman–Crippen LogP) is 1.54. The van der Waals surface area contributed by atoms with Crippen LogP contribution in [0.2, 0.25) is 3.98 Å².